The minimum atomic E-state index is -1.28. The second-order valence-electron chi connectivity index (χ2n) is 11.1. The third kappa shape index (κ3) is 7.54. The normalized spacial score (nSPS) is 15.9. The molecule has 1 unspecified atom stereocenters. The minimum absolute atomic E-state index is 0.0101. The third-order valence-corrected chi connectivity index (χ3v) is 8.38. The van der Waals surface area contributed by atoms with Crippen LogP contribution in [0.3, 0.4) is 0 Å². The number of nitrogens with zero attached hydrogens (tertiary/aromatic N) is 2. The molecule has 42 heavy (non-hydrogen) atoms. The highest BCUT2D eigenvalue weighted by Gasteiger charge is 2.45. The summed E-state index contributed by atoms with van der Waals surface area (Å²) in [7, 11) is 2.13. The molecule has 222 valence electrons. The zero-order chi connectivity index (χ0) is 30.1. The molecule has 9 heteroatoms. The SMILES string of the molecule is C[C@H](C(=O)NCc1ccc(C(=N)N)cc1)C(CCc1ccccc1)(NCc1ccccc1N1CCN(C)CC1)C(N)=O. The van der Waals surface area contributed by atoms with Crippen LogP contribution in [-0.2, 0) is 29.1 Å². The van der Waals surface area contributed by atoms with Gasteiger partial charge in [-0.15, -0.1) is 0 Å². The number of aryl methyl sites for hydroxylation is 1. The van der Waals surface area contributed by atoms with E-state index in [-0.39, 0.29) is 18.3 Å². The van der Waals surface area contributed by atoms with E-state index in [1.165, 1.54) is 0 Å². The van der Waals surface area contributed by atoms with Crippen LogP contribution in [0.5, 0.6) is 0 Å². The molecule has 1 fully saturated rings. The molecule has 9 nitrogen and oxygen atoms in total. The second-order valence-corrected chi connectivity index (χ2v) is 11.1. The zero-order valence-electron chi connectivity index (χ0n) is 24.6. The summed E-state index contributed by atoms with van der Waals surface area (Å²) in [5.41, 5.74) is 15.2. The van der Waals surface area contributed by atoms with E-state index >= 15 is 0 Å². The van der Waals surface area contributed by atoms with Crippen LogP contribution in [-0.4, -0.2) is 61.3 Å². The lowest BCUT2D eigenvalue weighted by Gasteiger charge is -2.38. The number of anilines is 1. The van der Waals surface area contributed by atoms with Gasteiger partial charge in [-0.05, 0) is 42.6 Å². The van der Waals surface area contributed by atoms with E-state index in [9.17, 15) is 9.59 Å². The lowest BCUT2D eigenvalue weighted by atomic mass is 9.78. The van der Waals surface area contributed by atoms with Crippen LogP contribution < -0.4 is 27.0 Å². The molecular weight excluding hydrogens is 526 g/mol. The zero-order valence-corrected chi connectivity index (χ0v) is 24.6. The van der Waals surface area contributed by atoms with Gasteiger partial charge in [0.2, 0.25) is 11.8 Å². The molecule has 0 saturated carbocycles. The first-order valence-electron chi connectivity index (χ1n) is 14.5. The van der Waals surface area contributed by atoms with Gasteiger partial charge in [0.15, 0.2) is 0 Å². The van der Waals surface area contributed by atoms with Gasteiger partial charge < -0.3 is 26.6 Å². The number of likely N-dealkylation sites (N-methyl/N-ethyl adjacent to an activating group) is 1. The highest BCUT2D eigenvalue weighted by atomic mass is 16.2. The molecule has 2 amide bonds. The number of piperazine rings is 1. The van der Waals surface area contributed by atoms with Crippen molar-refractivity contribution in [2.24, 2.45) is 17.4 Å². The Balaban J connectivity index is 1.55. The van der Waals surface area contributed by atoms with E-state index in [4.69, 9.17) is 16.9 Å². The number of primary amides is 1. The maximum Gasteiger partial charge on any atom is 0.238 e. The van der Waals surface area contributed by atoms with E-state index in [0.717, 1.165) is 48.6 Å². The Morgan fingerprint density at radius 1 is 0.881 bits per heavy atom. The number of nitrogen functional groups attached to an aromatic ring is 1. The van der Waals surface area contributed by atoms with Crippen molar-refractivity contribution < 1.29 is 9.59 Å². The molecule has 1 heterocycles. The van der Waals surface area contributed by atoms with E-state index in [1.54, 1.807) is 19.1 Å². The molecule has 3 aromatic carbocycles. The van der Waals surface area contributed by atoms with Gasteiger partial charge in [0.1, 0.15) is 11.4 Å². The fourth-order valence-corrected chi connectivity index (χ4v) is 5.51. The molecule has 3 aromatic rings. The van der Waals surface area contributed by atoms with Crippen molar-refractivity contribution >= 4 is 23.3 Å². The molecule has 1 aliphatic rings. The Morgan fingerprint density at radius 3 is 2.17 bits per heavy atom. The molecule has 7 N–H and O–H groups in total. The molecular formula is C33H43N7O2. The number of rotatable bonds is 13. The number of carbonyl (C=O) groups excluding carboxylic acids is 2. The highest BCUT2D eigenvalue weighted by molar-refractivity contribution is 5.95. The molecule has 4 rings (SSSR count). The molecule has 0 bridgehead atoms. The number of carbonyl (C=O) groups is 2. The number of benzene rings is 3. The summed E-state index contributed by atoms with van der Waals surface area (Å²) >= 11 is 0. The van der Waals surface area contributed by atoms with Gasteiger partial charge in [-0.25, -0.2) is 0 Å². The van der Waals surface area contributed by atoms with Gasteiger partial charge in [-0.1, -0.05) is 79.7 Å². The molecule has 1 saturated heterocycles. The third-order valence-electron chi connectivity index (χ3n) is 8.38. The number of hydrogen-bond acceptors (Lipinski definition) is 6. The number of amides is 2. The maximum atomic E-state index is 13.6. The Bertz CT molecular complexity index is 1350. The first kappa shape index (κ1) is 30.7. The summed E-state index contributed by atoms with van der Waals surface area (Å²) in [5.74, 6) is -1.57. The van der Waals surface area contributed by atoms with Gasteiger partial charge in [0.05, 0.1) is 5.92 Å². The fourth-order valence-electron chi connectivity index (χ4n) is 5.51. The van der Waals surface area contributed by atoms with Crippen molar-refractivity contribution in [2.75, 3.05) is 38.1 Å². The van der Waals surface area contributed by atoms with Crippen LogP contribution in [0.4, 0.5) is 5.69 Å². The van der Waals surface area contributed by atoms with Crippen molar-refractivity contribution in [1.29, 1.82) is 5.41 Å². The van der Waals surface area contributed by atoms with E-state index in [2.05, 4.69) is 39.6 Å². The van der Waals surface area contributed by atoms with Crippen LogP contribution in [0.15, 0.2) is 78.9 Å². The lowest BCUT2D eigenvalue weighted by molar-refractivity contribution is -0.136. The molecule has 0 aromatic heterocycles. The van der Waals surface area contributed by atoms with Crippen LogP contribution in [0.25, 0.3) is 0 Å². The average molecular weight is 570 g/mol. The minimum Gasteiger partial charge on any atom is -0.384 e. The molecule has 0 aliphatic carbocycles. The molecule has 1 aliphatic heterocycles. The average Bonchev–Trinajstić information content (AvgIpc) is 3.01. The standard InChI is InChI=1S/C33H43N7O2/c1-24(31(41)37-22-26-12-14-27(15-13-26)30(34)35)33(32(36)42,17-16-25-8-4-3-5-9-25)38-23-28-10-6-7-11-29(28)40-20-18-39(2)19-21-40/h3-15,24,38H,16-23H2,1-2H3,(H3,34,35)(H2,36,42)(H,37,41)/t24-,33?/m1/s1. The van der Waals surface area contributed by atoms with Crippen molar-refractivity contribution in [2.45, 2.75) is 38.4 Å². The molecule has 0 radical (unpaired) electrons. The number of hydrogen-bond donors (Lipinski definition) is 5. The first-order chi connectivity index (χ1) is 20.2. The number of para-hydroxylation sites is 1. The smallest absolute Gasteiger partial charge is 0.238 e. The van der Waals surface area contributed by atoms with Crippen molar-refractivity contribution in [3.05, 3.63) is 101 Å². The quantitative estimate of drug-likeness (QED) is 0.158. The Morgan fingerprint density at radius 2 is 1.52 bits per heavy atom. The predicted octanol–water partition coefficient (Wildman–Crippen LogP) is 2.62. The summed E-state index contributed by atoms with van der Waals surface area (Å²) < 4.78 is 0. The van der Waals surface area contributed by atoms with Gasteiger partial charge >= 0.3 is 0 Å². The highest BCUT2D eigenvalue weighted by Crippen LogP contribution is 2.28. The Hall–Kier alpha value is -4.21. The lowest BCUT2D eigenvalue weighted by Crippen LogP contribution is -2.62. The summed E-state index contributed by atoms with van der Waals surface area (Å²) in [6.07, 6.45) is 0.950. The summed E-state index contributed by atoms with van der Waals surface area (Å²) in [6, 6.07) is 25.3. The maximum absolute atomic E-state index is 13.6. The van der Waals surface area contributed by atoms with E-state index in [1.807, 2.05) is 54.6 Å². The Kier molecular flexibility index (Phi) is 10.3. The topological polar surface area (TPSA) is 141 Å². The number of nitrogens with one attached hydrogen (secondary N) is 3. The van der Waals surface area contributed by atoms with Gasteiger partial charge in [-0.3, -0.25) is 20.3 Å². The van der Waals surface area contributed by atoms with E-state index < -0.39 is 17.4 Å². The van der Waals surface area contributed by atoms with Crippen LogP contribution in [0.1, 0.15) is 35.6 Å². The molecule has 2 atom stereocenters. The fraction of sp³-hybridized carbons (Fsp3) is 0.364. The number of amidine groups is 1. The van der Waals surface area contributed by atoms with Crippen molar-refractivity contribution in [3.8, 4) is 0 Å². The number of nitrogens with two attached hydrogens (primary N) is 2. The van der Waals surface area contributed by atoms with Gasteiger partial charge in [-0.2, -0.15) is 0 Å². The largest absolute Gasteiger partial charge is 0.384 e. The monoisotopic (exact) mass is 569 g/mol. The second kappa shape index (κ2) is 14.1. The van der Waals surface area contributed by atoms with Gasteiger partial charge in [0.25, 0.3) is 0 Å². The van der Waals surface area contributed by atoms with Gasteiger partial charge in [0, 0.05) is 50.5 Å². The summed E-state index contributed by atoms with van der Waals surface area (Å²) in [4.78, 5) is 31.6. The van der Waals surface area contributed by atoms with Crippen molar-refractivity contribution in [3.63, 3.8) is 0 Å². The Labute approximate surface area is 248 Å². The summed E-state index contributed by atoms with van der Waals surface area (Å²) in [6.45, 7) is 6.26. The first-order valence-corrected chi connectivity index (χ1v) is 14.5. The molecule has 0 spiro atoms. The van der Waals surface area contributed by atoms with Crippen LogP contribution >= 0.6 is 0 Å². The van der Waals surface area contributed by atoms with Crippen LogP contribution in [0, 0.1) is 11.3 Å². The predicted molar refractivity (Wildman–Crippen MR) is 168 cm³/mol. The summed E-state index contributed by atoms with van der Waals surface area (Å²) in [5, 5.41) is 14.1. The van der Waals surface area contributed by atoms with Crippen LogP contribution in [0.2, 0.25) is 0 Å². The van der Waals surface area contributed by atoms with E-state index in [0.29, 0.717) is 24.9 Å². The van der Waals surface area contributed by atoms with Crippen molar-refractivity contribution in [1.82, 2.24) is 15.5 Å².